The van der Waals surface area contributed by atoms with E-state index >= 15 is 0 Å². The molecule has 2 rings (SSSR count). The summed E-state index contributed by atoms with van der Waals surface area (Å²) in [4.78, 5) is 0. The van der Waals surface area contributed by atoms with E-state index in [1.54, 1.807) is 0 Å². The van der Waals surface area contributed by atoms with Crippen molar-refractivity contribution in [2.45, 2.75) is 44.8 Å². The molecule has 0 radical (unpaired) electrons. The van der Waals surface area contributed by atoms with Gasteiger partial charge in [-0.1, -0.05) is 29.8 Å². The van der Waals surface area contributed by atoms with E-state index in [1.807, 2.05) is 26.0 Å². The number of fused-ring (bicyclic) bond motifs is 1. The highest BCUT2D eigenvalue weighted by Gasteiger charge is 2.41. The average molecular weight is 322 g/mol. The second kappa shape index (κ2) is 4.76. The van der Waals surface area contributed by atoms with E-state index in [0.29, 0.717) is 12.1 Å². The third-order valence-electron chi connectivity index (χ3n) is 3.25. The van der Waals surface area contributed by atoms with Crippen molar-refractivity contribution in [3.63, 3.8) is 0 Å². The van der Waals surface area contributed by atoms with Crippen LogP contribution in [0.5, 0.6) is 0 Å². The van der Waals surface area contributed by atoms with Crippen molar-refractivity contribution in [3.05, 3.63) is 27.7 Å². The third-order valence-corrected chi connectivity index (χ3v) is 3.71. The van der Waals surface area contributed by atoms with Crippen LogP contribution in [0.4, 0.5) is 18.9 Å². The van der Waals surface area contributed by atoms with Crippen LogP contribution in [0.3, 0.4) is 0 Å². The number of nitrogens with one attached hydrogen (secondary N) is 1. The molecule has 100 valence electrons. The Bertz CT molecular complexity index is 454. The predicted molar refractivity (Wildman–Crippen MR) is 70.0 cm³/mol. The van der Waals surface area contributed by atoms with Crippen molar-refractivity contribution in [1.82, 2.24) is 0 Å². The van der Waals surface area contributed by atoms with Crippen LogP contribution >= 0.6 is 15.9 Å². The molecular weight excluding hydrogens is 307 g/mol. The van der Waals surface area contributed by atoms with Crippen LogP contribution in [0, 0.1) is 0 Å². The lowest BCUT2D eigenvalue weighted by molar-refractivity contribution is -0.144. The molecule has 0 aromatic heterocycles. The Morgan fingerprint density at radius 2 is 2.00 bits per heavy atom. The van der Waals surface area contributed by atoms with Gasteiger partial charge in [-0.3, -0.25) is 0 Å². The summed E-state index contributed by atoms with van der Waals surface area (Å²) in [5, 5.41) is 2.67. The van der Waals surface area contributed by atoms with Crippen molar-refractivity contribution >= 4 is 21.6 Å². The monoisotopic (exact) mass is 321 g/mol. The van der Waals surface area contributed by atoms with Crippen LogP contribution in [-0.4, -0.2) is 12.2 Å². The zero-order valence-electron chi connectivity index (χ0n) is 10.2. The van der Waals surface area contributed by atoms with Gasteiger partial charge in [-0.15, -0.1) is 0 Å². The van der Waals surface area contributed by atoms with E-state index in [-0.39, 0.29) is 12.3 Å². The lowest BCUT2D eigenvalue weighted by Crippen LogP contribution is -2.39. The zero-order valence-corrected chi connectivity index (χ0v) is 11.8. The summed E-state index contributed by atoms with van der Waals surface area (Å²) in [6.07, 6.45) is -3.62. The maximum Gasteiger partial charge on any atom is 0.408 e. The van der Waals surface area contributed by atoms with Crippen LogP contribution in [-0.2, 0) is 6.42 Å². The van der Waals surface area contributed by atoms with Gasteiger partial charge < -0.3 is 5.32 Å². The number of hydrogen-bond donors (Lipinski definition) is 1. The Morgan fingerprint density at radius 3 is 2.56 bits per heavy atom. The summed E-state index contributed by atoms with van der Waals surface area (Å²) in [6.45, 7) is 3.97. The predicted octanol–water partition coefficient (Wildman–Crippen LogP) is 4.86. The summed E-state index contributed by atoms with van der Waals surface area (Å²) in [5.74, 6) is 0.190. The second-order valence-electron chi connectivity index (χ2n) is 4.96. The summed E-state index contributed by atoms with van der Waals surface area (Å²) in [6, 6.07) is 2.37. The normalized spacial score (nSPS) is 19.6. The first kappa shape index (κ1) is 13.7. The average Bonchev–Trinajstić information content (AvgIpc) is 2.25. The Morgan fingerprint density at radius 1 is 1.33 bits per heavy atom. The molecule has 0 amide bonds. The third kappa shape index (κ3) is 2.66. The van der Waals surface area contributed by atoms with Gasteiger partial charge in [0, 0.05) is 10.2 Å². The molecule has 0 spiro atoms. The van der Waals surface area contributed by atoms with E-state index in [0.717, 1.165) is 15.6 Å². The number of anilines is 1. The van der Waals surface area contributed by atoms with Crippen molar-refractivity contribution in [1.29, 1.82) is 0 Å². The molecular formula is C13H15BrF3N. The molecule has 0 fully saturated rings. The highest BCUT2D eigenvalue weighted by Crippen LogP contribution is 2.39. The number of rotatable bonds is 1. The minimum absolute atomic E-state index is 0.102. The van der Waals surface area contributed by atoms with Crippen molar-refractivity contribution in [3.8, 4) is 0 Å². The van der Waals surface area contributed by atoms with Gasteiger partial charge in [-0.25, -0.2) is 0 Å². The van der Waals surface area contributed by atoms with Gasteiger partial charge in [0.1, 0.15) is 6.04 Å². The lowest BCUT2D eigenvalue weighted by atomic mass is 9.91. The van der Waals surface area contributed by atoms with Crippen molar-refractivity contribution in [2.24, 2.45) is 0 Å². The standard InChI is InChI=1S/C13H15BrF3N/c1-7(2)10-6-9(14)5-8-3-4-11(13(15,16)17)18-12(8)10/h5-7,11,18H,3-4H2,1-2H3. The maximum absolute atomic E-state index is 12.8. The Labute approximate surface area is 113 Å². The first-order chi connectivity index (χ1) is 8.29. The lowest BCUT2D eigenvalue weighted by Gasteiger charge is -2.31. The Balaban J connectivity index is 2.41. The molecule has 0 aliphatic carbocycles. The summed E-state index contributed by atoms with van der Waals surface area (Å²) in [5.41, 5.74) is 2.57. The molecule has 1 aromatic carbocycles. The fourth-order valence-electron chi connectivity index (χ4n) is 2.31. The zero-order chi connectivity index (χ0) is 13.5. The second-order valence-corrected chi connectivity index (χ2v) is 5.88. The highest BCUT2D eigenvalue weighted by molar-refractivity contribution is 9.10. The molecule has 1 N–H and O–H groups in total. The van der Waals surface area contributed by atoms with Gasteiger partial charge in [0.25, 0.3) is 0 Å². The van der Waals surface area contributed by atoms with Gasteiger partial charge in [0.15, 0.2) is 0 Å². The molecule has 0 bridgehead atoms. The first-order valence-corrected chi connectivity index (χ1v) is 6.74. The molecule has 1 aliphatic rings. The molecule has 1 nitrogen and oxygen atoms in total. The molecule has 5 heteroatoms. The fourth-order valence-corrected chi connectivity index (χ4v) is 2.83. The van der Waals surface area contributed by atoms with E-state index in [4.69, 9.17) is 0 Å². The van der Waals surface area contributed by atoms with E-state index in [1.165, 1.54) is 0 Å². The topological polar surface area (TPSA) is 12.0 Å². The Kier molecular flexibility index (Phi) is 3.63. The number of benzene rings is 1. The molecule has 0 saturated heterocycles. The number of aryl methyl sites for hydroxylation is 1. The fraction of sp³-hybridized carbons (Fsp3) is 0.538. The van der Waals surface area contributed by atoms with E-state index in [2.05, 4.69) is 21.2 Å². The number of hydrogen-bond acceptors (Lipinski definition) is 1. The van der Waals surface area contributed by atoms with E-state index < -0.39 is 12.2 Å². The molecule has 1 aliphatic heterocycles. The Hall–Kier alpha value is -0.710. The number of halogens is 4. The van der Waals surface area contributed by atoms with Crippen LogP contribution in [0.2, 0.25) is 0 Å². The van der Waals surface area contributed by atoms with Crippen LogP contribution in [0.15, 0.2) is 16.6 Å². The number of alkyl halides is 3. The molecule has 1 aromatic rings. The summed E-state index contributed by atoms with van der Waals surface area (Å²) < 4.78 is 39.3. The van der Waals surface area contributed by atoms with Gasteiger partial charge in [-0.05, 0) is 42.0 Å². The minimum Gasteiger partial charge on any atom is -0.374 e. The van der Waals surface area contributed by atoms with Crippen molar-refractivity contribution < 1.29 is 13.2 Å². The molecule has 18 heavy (non-hydrogen) atoms. The van der Waals surface area contributed by atoms with Gasteiger partial charge in [0.2, 0.25) is 0 Å². The smallest absolute Gasteiger partial charge is 0.374 e. The van der Waals surface area contributed by atoms with E-state index in [9.17, 15) is 13.2 Å². The maximum atomic E-state index is 12.8. The van der Waals surface area contributed by atoms with Crippen LogP contribution < -0.4 is 5.32 Å². The van der Waals surface area contributed by atoms with Crippen LogP contribution in [0.25, 0.3) is 0 Å². The summed E-state index contributed by atoms with van der Waals surface area (Å²) in [7, 11) is 0. The van der Waals surface area contributed by atoms with Gasteiger partial charge >= 0.3 is 6.18 Å². The highest BCUT2D eigenvalue weighted by atomic mass is 79.9. The first-order valence-electron chi connectivity index (χ1n) is 5.94. The van der Waals surface area contributed by atoms with Gasteiger partial charge in [-0.2, -0.15) is 13.2 Å². The SMILES string of the molecule is CC(C)c1cc(Br)cc2c1NC(C(F)(F)F)CC2. The van der Waals surface area contributed by atoms with Crippen LogP contribution in [0.1, 0.15) is 37.3 Å². The van der Waals surface area contributed by atoms with Gasteiger partial charge in [0.05, 0.1) is 0 Å². The summed E-state index contributed by atoms with van der Waals surface area (Å²) >= 11 is 3.41. The minimum atomic E-state index is -4.18. The molecule has 1 unspecified atom stereocenters. The molecule has 1 heterocycles. The molecule has 1 atom stereocenters. The largest absolute Gasteiger partial charge is 0.408 e. The van der Waals surface area contributed by atoms with Crippen molar-refractivity contribution in [2.75, 3.05) is 5.32 Å². The molecule has 0 saturated carbocycles. The quantitative estimate of drug-likeness (QED) is 0.778.